The van der Waals surface area contributed by atoms with Crippen LogP contribution in [-0.4, -0.2) is 13.2 Å². The molecule has 0 radical (unpaired) electrons. The van der Waals surface area contributed by atoms with Crippen molar-refractivity contribution in [1.29, 1.82) is 0 Å². The van der Waals surface area contributed by atoms with Crippen molar-refractivity contribution in [1.82, 2.24) is 5.32 Å². The van der Waals surface area contributed by atoms with Crippen LogP contribution in [0, 0.1) is 0 Å². The molecule has 0 aromatic heterocycles. The number of hydrogen-bond donors (Lipinski definition) is 1. The zero-order valence-electron chi connectivity index (χ0n) is 12.3. The summed E-state index contributed by atoms with van der Waals surface area (Å²) in [6, 6.07) is 6.26. The molecule has 1 aromatic rings. The van der Waals surface area contributed by atoms with Gasteiger partial charge in [0.25, 0.3) is 0 Å². The second-order valence-corrected chi connectivity index (χ2v) is 5.28. The van der Waals surface area contributed by atoms with Crippen LogP contribution in [0.4, 0.5) is 0 Å². The molecular formula is C16H26ClNO. The highest BCUT2D eigenvalue weighted by atomic mass is 35.5. The molecule has 0 spiro atoms. The van der Waals surface area contributed by atoms with Crippen molar-refractivity contribution >= 4 is 11.6 Å². The largest absolute Gasteiger partial charge is 0.494 e. The Labute approximate surface area is 122 Å². The standard InChI is InChI=1S/C16H26ClNO/c1-4-6-7-8-11-19-14-9-10-15(16(17)12-14)13(3)18-5-2/h9-10,12-13,18H,4-8,11H2,1-3H3. The number of rotatable bonds is 9. The average molecular weight is 284 g/mol. The van der Waals surface area contributed by atoms with Crippen LogP contribution < -0.4 is 10.1 Å². The maximum absolute atomic E-state index is 6.30. The molecule has 0 aliphatic rings. The van der Waals surface area contributed by atoms with Gasteiger partial charge in [-0.1, -0.05) is 50.8 Å². The number of benzene rings is 1. The van der Waals surface area contributed by atoms with E-state index in [-0.39, 0.29) is 6.04 Å². The summed E-state index contributed by atoms with van der Waals surface area (Å²) in [5, 5.41) is 4.14. The number of unbranched alkanes of at least 4 members (excludes halogenated alkanes) is 3. The first-order valence-electron chi connectivity index (χ1n) is 7.34. The van der Waals surface area contributed by atoms with E-state index in [2.05, 4.69) is 32.2 Å². The van der Waals surface area contributed by atoms with Gasteiger partial charge < -0.3 is 10.1 Å². The second kappa shape index (κ2) is 9.22. The summed E-state index contributed by atoms with van der Waals surface area (Å²) < 4.78 is 5.72. The third-order valence-corrected chi connectivity index (χ3v) is 3.54. The van der Waals surface area contributed by atoms with Crippen LogP contribution >= 0.6 is 11.6 Å². The van der Waals surface area contributed by atoms with Gasteiger partial charge in [0.2, 0.25) is 0 Å². The highest BCUT2D eigenvalue weighted by Gasteiger charge is 2.09. The Kier molecular flexibility index (Phi) is 7.92. The van der Waals surface area contributed by atoms with Crippen molar-refractivity contribution in [3.8, 4) is 5.75 Å². The maximum atomic E-state index is 6.30. The third-order valence-electron chi connectivity index (χ3n) is 3.22. The van der Waals surface area contributed by atoms with Gasteiger partial charge >= 0.3 is 0 Å². The van der Waals surface area contributed by atoms with Crippen molar-refractivity contribution in [2.45, 2.75) is 52.5 Å². The van der Waals surface area contributed by atoms with Gasteiger partial charge in [-0.05, 0) is 37.6 Å². The highest BCUT2D eigenvalue weighted by Crippen LogP contribution is 2.27. The third kappa shape index (κ3) is 5.84. The Morgan fingerprint density at radius 3 is 2.63 bits per heavy atom. The van der Waals surface area contributed by atoms with Crippen LogP contribution in [0.3, 0.4) is 0 Å². The minimum atomic E-state index is 0.274. The maximum Gasteiger partial charge on any atom is 0.120 e. The molecule has 0 amide bonds. The Hall–Kier alpha value is -0.730. The van der Waals surface area contributed by atoms with E-state index in [1.165, 1.54) is 19.3 Å². The molecule has 3 heteroatoms. The van der Waals surface area contributed by atoms with E-state index in [0.29, 0.717) is 0 Å². The van der Waals surface area contributed by atoms with Gasteiger partial charge in [-0.15, -0.1) is 0 Å². The van der Waals surface area contributed by atoms with Gasteiger partial charge in [0.1, 0.15) is 5.75 Å². The SMILES string of the molecule is CCCCCCOc1ccc(C(C)NCC)c(Cl)c1. The Morgan fingerprint density at radius 1 is 1.21 bits per heavy atom. The topological polar surface area (TPSA) is 21.3 Å². The van der Waals surface area contributed by atoms with Crippen LogP contribution in [0.2, 0.25) is 5.02 Å². The lowest BCUT2D eigenvalue weighted by molar-refractivity contribution is 0.305. The molecular weight excluding hydrogens is 258 g/mol. The van der Waals surface area contributed by atoms with E-state index >= 15 is 0 Å². The quantitative estimate of drug-likeness (QED) is 0.646. The molecule has 0 aliphatic heterocycles. The first-order valence-corrected chi connectivity index (χ1v) is 7.72. The van der Waals surface area contributed by atoms with Crippen LogP contribution in [-0.2, 0) is 0 Å². The molecule has 1 N–H and O–H groups in total. The van der Waals surface area contributed by atoms with E-state index in [0.717, 1.165) is 35.9 Å². The molecule has 1 rings (SSSR count). The molecule has 0 saturated carbocycles. The van der Waals surface area contributed by atoms with Crippen LogP contribution in [0.25, 0.3) is 0 Å². The van der Waals surface area contributed by atoms with Crippen molar-refractivity contribution in [2.75, 3.05) is 13.2 Å². The van der Waals surface area contributed by atoms with Gasteiger partial charge in [-0.3, -0.25) is 0 Å². The zero-order valence-corrected chi connectivity index (χ0v) is 13.1. The first-order chi connectivity index (χ1) is 9.19. The molecule has 1 aromatic carbocycles. The van der Waals surface area contributed by atoms with E-state index < -0.39 is 0 Å². The average Bonchev–Trinajstić information content (AvgIpc) is 2.39. The second-order valence-electron chi connectivity index (χ2n) is 4.87. The van der Waals surface area contributed by atoms with Crippen molar-refractivity contribution in [3.05, 3.63) is 28.8 Å². The first kappa shape index (κ1) is 16.3. The van der Waals surface area contributed by atoms with E-state index in [1.54, 1.807) is 0 Å². The normalized spacial score (nSPS) is 12.4. The monoisotopic (exact) mass is 283 g/mol. The number of hydrogen-bond acceptors (Lipinski definition) is 2. The van der Waals surface area contributed by atoms with Gasteiger partial charge in [0.05, 0.1) is 6.61 Å². The van der Waals surface area contributed by atoms with Gasteiger partial charge in [0.15, 0.2) is 0 Å². The molecule has 0 fully saturated rings. The predicted molar refractivity (Wildman–Crippen MR) is 83.2 cm³/mol. The van der Waals surface area contributed by atoms with Crippen molar-refractivity contribution in [3.63, 3.8) is 0 Å². The molecule has 19 heavy (non-hydrogen) atoms. The molecule has 108 valence electrons. The summed E-state index contributed by atoms with van der Waals surface area (Å²) >= 11 is 6.30. The summed E-state index contributed by atoms with van der Waals surface area (Å²) in [5.41, 5.74) is 1.13. The summed E-state index contributed by atoms with van der Waals surface area (Å²) in [6.45, 7) is 8.14. The Balaban J connectivity index is 2.47. The van der Waals surface area contributed by atoms with Gasteiger partial charge in [-0.25, -0.2) is 0 Å². The van der Waals surface area contributed by atoms with Crippen molar-refractivity contribution < 1.29 is 4.74 Å². The van der Waals surface area contributed by atoms with Crippen LogP contribution in [0.15, 0.2) is 18.2 Å². The fourth-order valence-corrected chi connectivity index (χ4v) is 2.42. The highest BCUT2D eigenvalue weighted by molar-refractivity contribution is 6.31. The molecule has 0 aliphatic carbocycles. The zero-order chi connectivity index (χ0) is 14.1. The van der Waals surface area contributed by atoms with Crippen LogP contribution in [0.5, 0.6) is 5.75 Å². The van der Waals surface area contributed by atoms with Crippen molar-refractivity contribution in [2.24, 2.45) is 0 Å². The molecule has 0 bridgehead atoms. The van der Waals surface area contributed by atoms with Crippen LogP contribution in [0.1, 0.15) is 58.1 Å². The fourth-order valence-electron chi connectivity index (χ4n) is 2.08. The minimum Gasteiger partial charge on any atom is -0.494 e. The summed E-state index contributed by atoms with van der Waals surface area (Å²) in [7, 11) is 0. The van der Waals surface area contributed by atoms with E-state index in [9.17, 15) is 0 Å². The summed E-state index contributed by atoms with van der Waals surface area (Å²) in [4.78, 5) is 0. The predicted octanol–water partition coefficient (Wildman–Crippen LogP) is 4.97. The summed E-state index contributed by atoms with van der Waals surface area (Å²) in [5.74, 6) is 0.869. The summed E-state index contributed by atoms with van der Waals surface area (Å²) in [6.07, 6.45) is 4.88. The Morgan fingerprint density at radius 2 is 2.00 bits per heavy atom. The lowest BCUT2D eigenvalue weighted by Gasteiger charge is -2.15. The lowest BCUT2D eigenvalue weighted by atomic mass is 10.1. The molecule has 0 saturated heterocycles. The molecule has 1 atom stereocenters. The lowest BCUT2D eigenvalue weighted by Crippen LogP contribution is -2.17. The van der Waals surface area contributed by atoms with Gasteiger partial charge in [0, 0.05) is 11.1 Å². The van der Waals surface area contributed by atoms with E-state index in [1.807, 2.05) is 12.1 Å². The smallest absolute Gasteiger partial charge is 0.120 e. The minimum absolute atomic E-state index is 0.274. The molecule has 2 nitrogen and oxygen atoms in total. The number of ether oxygens (including phenoxy) is 1. The fraction of sp³-hybridized carbons (Fsp3) is 0.625. The molecule has 0 heterocycles. The Bertz CT molecular complexity index is 368. The number of halogens is 1. The number of nitrogens with one attached hydrogen (secondary N) is 1. The van der Waals surface area contributed by atoms with E-state index in [4.69, 9.17) is 16.3 Å². The molecule has 1 unspecified atom stereocenters. The van der Waals surface area contributed by atoms with Gasteiger partial charge in [-0.2, -0.15) is 0 Å².